The summed E-state index contributed by atoms with van der Waals surface area (Å²) < 4.78 is 1.79. The minimum Gasteiger partial charge on any atom is -0.230 e. The summed E-state index contributed by atoms with van der Waals surface area (Å²) in [6.07, 6.45) is 0.852. The van der Waals surface area contributed by atoms with Crippen LogP contribution in [0.4, 0.5) is 0 Å². The lowest BCUT2D eigenvalue weighted by Gasteiger charge is -2.05. The third kappa shape index (κ3) is 2.17. The Kier molecular flexibility index (Phi) is 3.47. The zero-order chi connectivity index (χ0) is 8.97. The van der Waals surface area contributed by atoms with Crippen molar-refractivity contribution >= 4 is 11.6 Å². The van der Waals surface area contributed by atoms with Gasteiger partial charge in [0.05, 0.1) is 0 Å². The number of tetrazole rings is 1. The van der Waals surface area contributed by atoms with Crippen molar-refractivity contribution in [3.63, 3.8) is 0 Å². The highest BCUT2D eigenvalue weighted by Gasteiger charge is 2.08. The standard InChI is InChI=1S/C7H13ClN4/c1-3-12-7(9-10-11-12)4-6(2)5-8/h6H,3-5H2,1-2H3. The fourth-order valence-electron chi connectivity index (χ4n) is 0.981. The van der Waals surface area contributed by atoms with Gasteiger partial charge in [0.1, 0.15) is 0 Å². The van der Waals surface area contributed by atoms with Gasteiger partial charge in [-0.25, -0.2) is 4.68 Å². The van der Waals surface area contributed by atoms with Gasteiger partial charge >= 0.3 is 0 Å². The maximum atomic E-state index is 5.69. The second-order valence-electron chi connectivity index (χ2n) is 2.87. The van der Waals surface area contributed by atoms with Crippen molar-refractivity contribution < 1.29 is 0 Å². The van der Waals surface area contributed by atoms with Gasteiger partial charge in [-0.3, -0.25) is 0 Å². The summed E-state index contributed by atoms with van der Waals surface area (Å²) in [5.74, 6) is 2.00. The molecule has 0 amide bonds. The molecule has 5 heteroatoms. The van der Waals surface area contributed by atoms with E-state index in [2.05, 4.69) is 22.4 Å². The molecule has 0 bridgehead atoms. The van der Waals surface area contributed by atoms with Crippen LogP contribution in [0.1, 0.15) is 19.7 Å². The lowest BCUT2D eigenvalue weighted by Crippen LogP contribution is -2.09. The summed E-state index contributed by atoms with van der Waals surface area (Å²) in [5, 5.41) is 11.4. The molecule has 0 aliphatic heterocycles. The molecule has 1 unspecified atom stereocenters. The van der Waals surface area contributed by atoms with E-state index in [0.717, 1.165) is 18.8 Å². The molecule has 0 N–H and O–H groups in total. The van der Waals surface area contributed by atoms with Crippen molar-refractivity contribution in [3.05, 3.63) is 5.82 Å². The highest BCUT2D eigenvalue weighted by Crippen LogP contribution is 2.05. The summed E-state index contributed by atoms with van der Waals surface area (Å²) in [5.41, 5.74) is 0. The molecule has 1 aromatic rings. The van der Waals surface area contributed by atoms with E-state index in [1.807, 2.05) is 6.92 Å². The molecule has 0 aliphatic rings. The Balaban J connectivity index is 2.61. The number of alkyl halides is 1. The average molecular weight is 189 g/mol. The summed E-state index contributed by atoms with van der Waals surface area (Å²) in [6, 6.07) is 0. The molecular formula is C7H13ClN4. The predicted molar refractivity (Wildman–Crippen MR) is 47.1 cm³/mol. The molecule has 4 nitrogen and oxygen atoms in total. The lowest BCUT2D eigenvalue weighted by molar-refractivity contribution is 0.552. The third-order valence-corrected chi connectivity index (χ3v) is 2.23. The zero-order valence-electron chi connectivity index (χ0n) is 7.37. The highest BCUT2D eigenvalue weighted by atomic mass is 35.5. The Morgan fingerprint density at radius 1 is 1.58 bits per heavy atom. The summed E-state index contributed by atoms with van der Waals surface area (Å²) in [7, 11) is 0. The van der Waals surface area contributed by atoms with Crippen LogP contribution in [0.3, 0.4) is 0 Å². The molecule has 1 heterocycles. The SMILES string of the molecule is CCn1nnnc1CC(C)CCl. The van der Waals surface area contributed by atoms with Gasteiger partial charge in [0.25, 0.3) is 0 Å². The number of aromatic nitrogens is 4. The number of nitrogens with zero attached hydrogens (tertiary/aromatic N) is 4. The molecule has 0 saturated carbocycles. The van der Waals surface area contributed by atoms with Crippen LogP contribution in [-0.2, 0) is 13.0 Å². The number of hydrogen-bond acceptors (Lipinski definition) is 3. The fraction of sp³-hybridized carbons (Fsp3) is 0.857. The number of hydrogen-bond donors (Lipinski definition) is 0. The van der Waals surface area contributed by atoms with Crippen molar-refractivity contribution in [2.75, 3.05) is 5.88 Å². The van der Waals surface area contributed by atoms with Crippen LogP contribution in [-0.4, -0.2) is 26.1 Å². The van der Waals surface area contributed by atoms with E-state index in [1.165, 1.54) is 0 Å². The Morgan fingerprint density at radius 2 is 2.33 bits per heavy atom. The van der Waals surface area contributed by atoms with Crippen molar-refractivity contribution in [2.24, 2.45) is 5.92 Å². The molecule has 12 heavy (non-hydrogen) atoms. The van der Waals surface area contributed by atoms with Crippen LogP contribution in [0.5, 0.6) is 0 Å². The van der Waals surface area contributed by atoms with Crippen LogP contribution < -0.4 is 0 Å². The number of aryl methyl sites for hydroxylation is 1. The number of halogens is 1. The molecule has 1 aromatic heterocycles. The second kappa shape index (κ2) is 4.40. The molecule has 0 spiro atoms. The van der Waals surface area contributed by atoms with Gasteiger partial charge < -0.3 is 0 Å². The van der Waals surface area contributed by atoms with Crippen molar-refractivity contribution in [3.8, 4) is 0 Å². The smallest absolute Gasteiger partial charge is 0.151 e. The van der Waals surface area contributed by atoms with Crippen LogP contribution in [0.25, 0.3) is 0 Å². The Morgan fingerprint density at radius 3 is 2.92 bits per heavy atom. The lowest BCUT2D eigenvalue weighted by atomic mass is 10.1. The zero-order valence-corrected chi connectivity index (χ0v) is 8.12. The first kappa shape index (κ1) is 9.45. The van der Waals surface area contributed by atoms with Crippen LogP contribution in [0, 0.1) is 5.92 Å². The Labute approximate surface area is 76.9 Å². The normalized spacial score (nSPS) is 13.2. The van der Waals surface area contributed by atoms with Crippen molar-refractivity contribution in [1.82, 2.24) is 20.2 Å². The Hall–Kier alpha value is -0.640. The fourth-order valence-corrected chi connectivity index (χ4v) is 1.09. The average Bonchev–Trinajstić information content (AvgIpc) is 2.51. The van der Waals surface area contributed by atoms with Gasteiger partial charge in [-0.15, -0.1) is 16.7 Å². The minimum absolute atomic E-state index is 0.433. The molecule has 68 valence electrons. The number of rotatable bonds is 4. The van der Waals surface area contributed by atoms with E-state index >= 15 is 0 Å². The van der Waals surface area contributed by atoms with Gasteiger partial charge in [-0.1, -0.05) is 6.92 Å². The quantitative estimate of drug-likeness (QED) is 0.665. The van der Waals surface area contributed by atoms with Crippen LogP contribution in [0.2, 0.25) is 0 Å². The molecule has 0 radical (unpaired) electrons. The van der Waals surface area contributed by atoms with Crippen LogP contribution in [0.15, 0.2) is 0 Å². The molecule has 1 rings (SSSR count). The van der Waals surface area contributed by atoms with Gasteiger partial charge in [0.15, 0.2) is 5.82 Å². The highest BCUT2D eigenvalue weighted by molar-refractivity contribution is 6.18. The second-order valence-corrected chi connectivity index (χ2v) is 3.18. The first-order valence-corrected chi connectivity index (χ1v) is 4.62. The monoisotopic (exact) mass is 188 g/mol. The minimum atomic E-state index is 0.433. The molecule has 1 atom stereocenters. The summed E-state index contributed by atoms with van der Waals surface area (Å²) in [4.78, 5) is 0. The first-order valence-electron chi connectivity index (χ1n) is 4.09. The molecule has 0 aliphatic carbocycles. The van der Waals surface area contributed by atoms with E-state index in [4.69, 9.17) is 11.6 Å². The molecule has 0 aromatic carbocycles. The van der Waals surface area contributed by atoms with E-state index in [1.54, 1.807) is 4.68 Å². The van der Waals surface area contributed by atoms with Crippen LogP contribution >= 0.6 is 11.6 Å². The van der Waals surface area contributed by atoms with E-state index < -0.39 is 0 Å². The third-order valence-electron chi connectivity index (χ3n) is 1.70. The topological polar surface area (TPSA) is 43.6 Å². The Bertz CT molecular complexity index is 235. The molecule has 0 fully saturated rings. The van der Waals surface area contributed by atoms with E-state index in [0.29, 0.717) is 11.8 Å². The van der Waals surface area contributed by atoms with E-state index in [-0.39, 0.29) is 0 Å². The first-order chi connectivity index (χ1) is 5.77. The predicted octanol–water partition coefficient (Wildman–Crippen LogP) is 1.11. The van der Waals surface area contributed by atoms with Crippen molar-refractivity contribution in [1.29, 1.82) is 0 Å². The van der Waals surface area contributed by atoms with E-state index in [9.17, 15) is 0 Å². The van der Waals surface area contributed by atoms with Gasteiger partial charge in [-0.05, 0) is 23.3 Å². The maximum Gasteiger partial charge on any atom is 0.151 e. The van der Waals surface area contributed by atoms with Crippen molar-refractivity contribution in [2.45, 2.75) is 26.8 Å². The molecular weight excluding hydrogens is 176 g/mol. The summed E-state index contributed by atoms with van der Waals surface area (Å²) in [6.45, 7) is 4.92. The van der Waals surface area contributed by atoms with Gasteiger partial charge in [0, 0.05) is 18.8 Å². The van der Waals surface area contributed by atoms with Gasteiger partial charge in [-0.2, -0.15) is 0 Å². The summed E-state index contributed by atoms with van der Waals surface area (Å²) >= 11 is 5.69. The van der Waals surface area contributed by atoms with Gasteiger partial charge in [0.2, 0.25) is 0 Å². The largest absolute Gasteiger partial charge is 0.230 e. The maximum absolute atomic E-state index is 5.69. The molecule has 0 saturated heterocycles.